The van der Waals surface area contributed by atoms with E-state index in [9.17, 15) is 0 Å². The van der Waals surface area contributed by atoms with Crippen LogP contribution in [0.5, 0.6) is 0 Å². The molecule has 1 saturated heterocycles. The summed E-state index contributed by atoms with van der Waals surface area (Å²) in [6.45, 7) is 11.6. The molecule has 0 amide bonds. The van der Waals surface area contributed by atoms with Crippen LogP contribution in [-0.4, -0.2) is 41.1 Å². The minimum Gasteiger partial charge on any atom is -0.370 e. The summed E-state index contributed by atoms with van der Waals surface area (Å²) in [5, 5.41) is 3.32. The minimum atomic E-state index is -0.0231. The minimum absolute atomic E-state index is 0.0231. The molecule has 0 spiro atoms. The van der Waals surface area contributed by atoms with Crippen LogP contribution in [0, 0.1) is 0 Å². The highest BCUT2D eigenvalue weighted by Crippen LogP contribution is 2.25. The van der Waals surface area contributed by atoms with Gasteiger partial charge in [-0.05, 0) is 6.92 Å². The molecule has 106 valence electrons. The molecule has 0 aromatic carbocycles. The highest BCUT2D eigenvalue weighted by Gasteiger charge is 2.21. The van der Waals surface area contributed by atoms with Gasteiger partial charge in [0, 0.05) is 42.6 Å². The zero-order valence-electron chi connectivity index (χ0n) is 12.4. The molecule has 2 heterocycles. The van der Waals surface area contributed by atoms with Gasteiger partial charge < -0.3 is 10.2 Å². The summed E-state index contributed by atoms with van der Waals surface area (Å²) >= 11 is 2.02. The number of anilines is 2. The van der Waals surface area contributed by atoms with Gasteiger partial charge in [-0.2, -0.15) is 11.8 Å². The number of nitrogens with one attached hydrogen (secondary N) is 1. The van der Waals surface area contributed by atoms with Gasteiger partial charge in [0.1, 0.15) is 17.5 Å². The van der Waals surface area contributed by atoms with E-state index >= 15 is 0 Å². The topological polar surface area (TPSA) is 41.0 Å². The summed E-state index contributed by atoms with van der Waals surface area (Å²) in [6.07, 6.45) is 0. The van der Waals surface area contributed by atoms with E-state index < -0.39 is 0 Å². The molecule has 1 aromatic rings. The maximum Gasteiger partial charge on any atom is 0.138 e. The van der Waals surface area contributed by atoms with Crippen molar-refractivity contribution in [3.05, 3.63) is 11.9 Å². The van der Waals surface area contributed by atoms with Crippen molar-refractivity contribution in [2.24, 2.45) is 0 Å². The van der Waals surface area contributed by atoms with Crippen LogP contribution < -0.4 is 10.2 Å². The fraction of sp³-hybridized carbons (Fsp3) is 0.714. The molecule has 0 unspecified atom stereocenters. The van der Waals surface area contributed by atoms with Crippen LogP contribution in [-0.2, 0) is 5.41 Å². The molecule has 19 heavy (non-hydrogen) atoms. The molecule has 1 aromatic heterocycles. The molecule has 1 aliphatic rings. The summed E-state index contributed by atoms with van der Waals surface area (Å²) in [6, 6.07) is 2.08. The van der Waals surface area contributed by atoms with Gasteiger partial charge in [-0.3, -0.25) is 0 Å². The van der Waals surface area contributed by atoms with Crippen molar-refractivity contribution in [3.63, 3.8) is 0 Å². The molecule has 1 aliphatic heterocycles. The molecular weight excluding hydrogens is 256 g/mol. The van der Waals surface area contributed by atoms with Gasteiger partial charge in [-0.1, -0.05) is 20.8 Å². The molecule has 0 bridgehead atoms. The second-order valence-corrected chi connectivity index (χ2v) is 7.04. The number of nitrogens with zero attached hydrogens (tertiary/aromatic N) is 3. The molecular formula is C14H24N4S. The molecule has 4 nitrogen and oxygen atoms in total. The molecule has 2 rings (SSSR count). The van der Waals surface area contributed by atoms with Crippen molar-refractivity contribution in [2.45, 2.75) is 33.1 Å². The van der Waals surface area contributed by atoms with Crippen molar-refractivity contribution >= 4 is 23.4 Å². The predicted molar refractivity (Wildman–Crippen MR) is 84.4 cm³/mol. The third kappa shape index (κ3) is 3.75. The molecule has 0 radical (unpaired) electrons. The fourth-order valence-corrected chi connectivity index (χ4v) is 2.90. The summed E-state index contributed by atoms with van der Waals surface area (Å²) < 4.78 is 0. The van der Waals surface area contributed by atoms with Gasteiger partial charge in [-0.25, -0.2) is 9.97 Å². The first-order valence-corrected chi connectivity index (χ1v) is 8.12. The summed E-state index contributed by atoms with van der Waals surface area (Å²) in [5.41, 5.74) is -0.0231. The van der Waals surface area contributed by atoms with Crippen LogP contribution in [0.25, 0.3) is 0 Å². The summed E-state index contributed by atoms with van der Waals surface area (Å²) in [4.78, 5) is 11.8. The van der Waals surface area contributed by atoms with Crippen LogP contribution in [0.2, 0.25) is 0 Å². The number of hydrogen-bond donors (Lipinski definition) is 1. The second-order valence-electron chi connectivity index (χ2n) is 5.81. The van der Waals surface area contributed by atoms with Gasteiger partial charge in [0.25, 0.3) is 0 Å². The van der Waals surface area contributed by atoms with Crippen LogP contribution in [0.15, 0.2) is 6.07 Å². The van der Waals surface area contributed by atoms with E-state index in [1.165, 1.54) is 11.5 Å². The third-order valence-electron chi connectivity index (χ3n) is 3.08. The third-order valence-corrected chi connectivity index (χ3v) is 4.02. The Kier molecular flexibility index (Phi) is 4.55. The van der Waals surface area contributed by atoms with Gasteiger partial charge in [0.05, 0.1) is 0 Å². The lowest BCUT2D eigenvalue weighted by Gasteiger charge is -2.29. The van der Waals surface area contributed by atoms with Crippen LogP contribution in [0.4, 0.5) is 11.6 Å². The van der Waals surface area contributed by atoms with E-state index in [2.05, 4.69) is 49.0 Å². The van der Waals surface area contributed by atoms with E-state index in [1.807, 2.05) is 11.8 Å². The predicted octanol–water partition coefficient (Wildman–Crippen LogP) is 2.76. The smallest absolute Gasteiger partial charge is 0.138 e. The maximum absolute atomic E-state index is 4.78. The highest BCUT2D eigenvalue weighted by molar-refractivity contribution is 7.99. The van der Waals surface area contributed by atoms with E-state index in [0.29, 0.717) is 0 Å². The highest BCUT2D eigenvalue weighted by atomic mass is 32.2. The van der Waals surface area contributed by atoms with E-state index in [1.54, 1.807) is 0 Å². The van der Waals surface area contributed by atoms with Crippen molar-refractivity contribution in [1.29, 1.82) is 0 Å². The van der Waals surface area contributed by atoms with Crippen LogP contribution in [0.3, 0.4) is 0 Å². The molecule has 1 fully saturated rings. The van der Waals surface area contributed by atoms with E-state index in [-0.39, 0.29) is 5.41 Å². The Labute approximate surface area is 120 Å². The van der Waals surface area contributed by atoms with E-state index in [0.717, 1.165) is 37.1 Å². The van der Waals surface area contributed by atoms with Crippen molar-refractivity contribution in [3.8, 4) is 0 Å². The number of thioether (sulfide) groups is 1. The number of rotatable bonds is 3. The van der Waals surface area contributed by atoms with Crippen LogP contribution in [0.1, 0.15) is 33.5 Å². The quantitative estimate of drug-likeness (QED) is 0.922. The Balaban J connectivity index is 2.33. The first-order chi connectivity index (χ1) is 9.00. The Morgan fingerprint density at radius 2 is 1.95 bits per heavy atom. The van der Waals surface area contributed by atoms with Gasteiger partial charge in [0.2, 0.25) is 0 Å². The first-order valence-electron chi connectivity index (χ1n) is 6.97. The van der Waals surface area contributed by atoms with E-state index in [4.69, 9.17) is 4.98 Å². The SMILES string of the molecule is CCNc1cc(N2CCSCC2)nc(C(C)(C)C)n1. The molecule has 1 N–H and O–H groups in total. The molecule has 0 atom stereocenters. The number of hydrogen-bond acceptors (Lipinski definition) is 5. The van der Waals surface area contributed by atoms with Gasteiger partial charge in [0.15, 0.2) is 0 Å². The lowest BCUT2D eigenvalue weighted by atomic mass is 9.96. The Bertz CT molecular complexity index is 422. The summed E-state index contributed by atoms with van der Waals surface area (Å²) in [5.74, 6) is 5.29. The lowest BCUT2D eigenvalue weighted by molar-refractivity contribution is 0.545. The number of aromatic nitrogens is 2. The zero-order chi connectivity index (χ0) is 13.9. The standard InChI is InChI=1S/C14H24N4S/c1-5-15-11-10-12(18-6-8-19-9-7-18)17-13(16-11)14(2,3)4/h10H,5-9H2,1-4H3,(H,15,16,17). The lowest BCUT2D eigenvalue weighted by Crippen LogP contribution is -2.34. The van der Waals surface area contributed by atoms with Crippen LogP contribution >= 0.6 is 11.8 Å². The van der Waals surface area contributed by atoms with Gasteiger partial charge >= 0.3 is 0 Å². The molecule has 0 aliphatic carbocycles. The Morgan fingerprint density at radius 3 is 2.53 bits per heavy atom. The Morgan fingerprint density at radius 1 is 1.26 bits per heavy atom. The van der Waals surface area contributed by atoms with Gasteiger partial charge in [-0.15, -0.1) is 0 Å². The maximum atomic E-state index is 4.78. The van der Waals surface area contributed by atoms with Crippen molar-refractivity contribution in [1.82, 2.24) is 9.97 Å². The fourth-order valence-electron chi connectivity index (χ4n) is 2.00. The van der Waals surface area contributed by atoms with Crippen molar-refractivity contribution < 1.29 is 0 Å². The largest absolute Gasteiger partial charge is 0.370 e. The molecule has 0 saturated carbocycles. The Hall–Kier alpha value is -0.970. The first kappa shape index (κ1) is 14.4. The second kappa shape index (κ2) is 5.99. The average molecular weight is 280 g/mol. The zero-order valence-corrected chi connectivity index (χ0v) is 13.2. The normalized spacial score (nSPS) is 16.5. The molecule has 5 heteroatoms. The monoisotopic (exact) mass is 280 g/mol. The van der Waals surface area contributed by atoms with Crippen molar-refractivity contribution in [2.75, 3.05) is 41.4 Å². The average Bonchev–Trinajstić information content (AvgIpc) is 2.39. The summed E-state index contributed by atoms with van der Waals surface area (Å²) in [7, 11) is 0.